The monoisotopic (exact) mass is 243 g/mol. The van der Waals surface area contributed by atoms with Crippen LogP contribution in [0, 0.1) is 0 Å². The molecular formula is C13H13N3S. The Hall–Kier alpha value is -1.81. The summed E-state index contributed by atoms with van der Waals surface area (Å²) >= 11 is 1.71. The van der Waals surface area contributed by atoms with E-state index in [1.807, 2.05) is 12.3 Å². The predicted octanol–water partition coefficient (Wildman–Crippen LogP) is 3.21. The van der Waals surface area contributed by atoms with Crippen LogP contribution in [0.3, 0.4) is 0 Å². The van der Waals surface area contributed by atoms with E-state index < -0.39 is 0 Å². The zero-order valence-corrected chi connectivity index (χ0v) is 10.4. The quantitative estimate of drug-likeness (QED) is 0.751. The fourth-order valence-electron chi connectivity index (χ4n) is 2.05. The largest absolute Gasteiger partial charge is 0.385 e. The number of nitrogens with zero attached hydrogens (tertiary/aromatic N) is 2. The van der Waals surface area contributed by atoms with Crippen LogP contribution in [-0.2, 0) is 6.42 Å². The Morgan fingerprint density at radius 1 is 1.47 bits per heavy atom. The molecule has 3 heterocycles. The maximum atomic E-state index is 6.18. The standard InChI is InChI=1S/C13H13N3S/c1-2-9-6-12-16(13(9)14)11(8-17-12)10-4-3-5-15-7-10/h3-8H,2,14H2,1H3. The Morgan fingerprint density at radius 2 is 2.35 bits per heavy atom. The lowest BCUT2D eigenvalue weighted by Crippen LogP contribution is -1.96. The van der Waals surface area contributed by atoms with Gasteiger partial charge in [0.2, 0.25) is 0 Å². The maximum absolute atomic E-state index is 6.18. The predicted molar refractivity (Wildman–Crippen MR) is 72.3 cm³/mol. The number of nitrogens with two attached hydrogens (primary N) is 1. The molecule has 0 aliphatic rings. The minimum atomic E-state index is 0.850. The summed E-state index contributed by atoms with van der Waals surface area (Å²) in [7, 11) is 0. The highest BCUT2D eigenvalue weighted by Crippen LogP contribution is 2.31. The van der Waals surface area contributed by atoms with Gasteiger partial charge in [-0.15, -0.1) is 11.3 Å². The van der Waals surface area contributed by atoms with Gasteiger partial charge in [-0.3, -0.25) is 9.38 Å². The fourth-order valence-corrected chi connectivity index (χ4v) is 3.03. The van der Waals surface area contributed by atoms with Crippen molar-refractivity contribution in [3.63, 3.8) is 0 Å². The summed E-state index contributed by atoms with van der Waals surface area (Å²) < 4.78 is 2.11. The third kappa shape index (κ3) is 1.52. The van der Waals surface area contributed by atoms with E-state index in [1.165, 1.54) is 10.4 Å². The van der Waals surface area contributed by atoms with Crippen molar-refractivity contribution in [3.8, 4) is 11.3 Å². The van der Waals surface area contributed by atoms with E-state index >= 15 is 0 Å². The van der Waals surface area contributed by atoms with Crippen molar-refractivity contribution in [1.82, 2.24) is 9.38 Å². The van der Waals surface area contributed by atoms with Gasteiger partial charge in [-0.25, -0.2) is 0 Å². The zero-order chi connectivity index (χ0) is 11.8. The maximum Gasteiger partial charge on any atom is 0.112 e. The molecule has 0 aliphatic carbocycles. The lowest BCUT2D eigenvalue weighted by molar-refractivity contribution is 1.13. The summed E-state index contributed by atoms with van der Waals surface area (Å²) in [6, 6.07) is 6.17. The number of fused-ring (bicyclic) bond motifs is 1. The molecule has 17 heavy (non-hydrogen) atoms. The normalized spacial score (nSPS) is 11.1. The van der Waals surface area contributed by atoms with E-state index in [4.69, 9.17) is 5.73 Å². The molecule has 0 fully saturated rings. The van der Waals surface area contributed by atoms with Gasteiger partial charge in [-0.05, 0) is 30.2 Å². The molecule has 0 saturated heterocycles. The molecular weight excluding hydrogens is 230 g/mol. The first kappa shape index (κ1) is 10.4. The van der Waals surface area contributed by atoms with Crippen molar-refractivity contribution in [2.75, 3.05) is 5.73 Å². The van der Waals surface area contributed by atoms with Gasteiger partial charge in [0.15, 0.2) is 0 Å². The second-order valence-electron chi connectivity index (χ2n) is 3.94. The number of anilines is 1. The van der Waals surface area contributed by atoms with E-state index in [9.17, 15) is 0 Å². The third-order valence-electron chi connectivity index (χ3n) is 2.96. The van der Waals surface area contributed by atoms with Crippen LogP contribution in [0.1, 0.15) is 12.5 Å². The van der Waals surface area contributed by atoms with E-state index in [1.54, 1.807) is 17.5 Å². The van der Waals surface area contributed by atoms with E-state index in [0.717, 1.165) is 23.5 Å². The van der Waals surface area contributed by atoms with Crippen LogP contribution in [0.15, 0.2) is 36.0 Å². The molecule has 0 bridgehead atoms. The summed E-state index contributed by atoms with van der Waals surface area (Å²) in [5.74, 6) is 0.850. The van der Waals surface area contributed by atoms with Gasteiger partial charge in [0, 0.05) is 23.3 Å². The molecule has 4 heteroatoms. The number of rotatable bonds is 2. The SMILES string of the molecule is CCc1cc2scc(-c3cccnc3)n2c1N. The number of nitrogen functional groups attached to an aromatic ring is 1. The second kappa shape index (κ2) is 3.89. The van der Waals surface area contributed by atoms with Crippen LogP contribution in [0.25, 0.3) is 16.1 Å². The third-order valence-corrected chi connectivity index (χ3v) is 3.84. The lowest BCUT2D eigenvalue weighted by Gasteiger charge is -2.02. The molecule has 0 radical (unpaired) electrons. The average molecular weight is 243 g/mol. The molecule has 0 spiro atoms. The molecule has 2 N–H and O–H groups in total. The van der Waals surface area contributed by atoms with Crippen molar-refractivity contribution in [1.29, 1.82) is 0 Å². The molecule has 0 aromatic carbocycles. The number of thiazole rings is 1. The first-order valence-electron chi connectivity index (χ1n) is 5.59. The van der Waals surface area contributed by atoms with Crippen molar-refractivity contribution in [3.05, 3.63) is 41.5 Å². The Kier molecular flexibility index (Phi) is 2.37. The Bertz CT molecular complexity index is 652. The fraction of sp³-hybridized carbons (Fsp3) is 0.154. The van der Waals surface area contributed by atoms with E-state index in [0.29, 0.717) is 0 Å². The van der Waals surface area contributed by atoms with Crippen LogP contribution >= 0.6 is 11.3 Å². The molecule has 0 saturated carbocycles. The highest BCUT2D eigenvalue weighted by atomic mass is 32.1. The molecule has 3 aromatic heterocycles. The van der Waals surface area contributed by atoms with Gasteiger partial charge in [-0.1, -0.05) is 6.92 Å². The average Bonchev–Trinajstić information content (AvgIpc) is 2.91. The zero-order valence-electron chi connectivity index (χ0n) is 9.55. The topological polar surface area (TPSA) is 43.3 Å². The molecule has 86 valence electrons. The number of aryl methyl sites for hydroxylation is 1. The van der Waals surface area contributed by atoms with Gasteiger partial charge in [0.25, 0.3) is 0 Å². The first-order valence-corrected chi connectivity index (χ1v) is 6.47. The highest BCUT2D eigenvalue weighted by Gasteiger charge is 2.12. The van der Waals surface area contributed by atoms with Crippen LogP contribution in [0.2, 0.25) is 0 Å². The van der Waals surface area contributed by atoms with Gasteiger partial charge in [-0.2, -0.15) is 0 Å². The second-order valence-corrected chi connectivity index (χ2v) is 4.83. The molecule has 0 atom stereocenters. The van der Waals surface area contributed by atoms with Crippen LogP contribution in [-0.4, -0.2) is 9.38 Å². The molecule has 0 amide bonds. The summed E-state index contributed by atoms with van der Waals surface area (Å²) in [5, 5.41) is 2.13. The van der Waals surface area contributed by atoms with E-state index in [2.05, 4.69) is 33.8 Å². The number of pyridine rings is 1. The Morgan fingerprint density at radius 3 is 3.06 bits per heavy atom. The Labute approximate surface area is 104 Å². The van der Waals surface area contributed by atoms with Crippen LogP contribution < -0.4 is 5.73 Å². The van der Waals surface area contributed by atoms with Crippen molar-refractivity contribution < 1.29 is 0 Å². The van der Waals surface area contributed by atoms with Crippen LogP contribution in [0.5, 0.6) is 0 Å². The van der Waals surface area contributed by atoms with Crippen molar-refractivity contribution in [2.45, 2.75) is 13.3 Å². The molecule has 0 unspecified atom stereocenters. The number of hydrogen-bond acceptors (Lipinski definition) is 3. The lowest BCUT2D eigenvalue weighted by atomic mass is 10.2. The minimum Gasteiger partial charge on any atom is -0.385 e. The number of hydrogen-bond donors (Lipinski definition) is 1. The molecule has 3 rings (SSSR count). The molecule has 3 aromatic rings. The van der Waals surface area contributed by atoms with E-state index in [-0.39, 0.29) is 0 Å². The van der Waals surface area contributed by atoms with Gasteiger partial charge < -0.3 is 5.73 Å². The summed E-state index contributed by atoms with van der Waals surface area (Å²) in [6.45, 7) is 2.12. The van der Waals surface area contributed by atoms with Crippen molar-refractivity contribution in [2.24, 2.45) is 0 Å². The summed E-state index contributed by atoms with van der Waals surface area (Å²) in [6.07, 6.45) is 4.61. The minimum absolute atomic E-state index is 0.850. The van der Waals surface area contributed by atoms with Gasteiger partial charge in [0.1, 0.15) is 10.6 Å². The van der Waals surface area contributed by atoms with Gasteiger partial charge in [0.05, 0.1) is 5.69 Å². The van der Waals surface area contributed by atoms with Crippen molar-refractivity contribution >= 4 is 22.0 Å². The summed E-state index contributed by atoms with van der Waals surface area (Å²) in [5.41, 5.74) is 9.61. The molecule has 3 nitrogen and oxygen atoms in total. The first-order chi connectivity index (χ1) is 8.31. The number of aromatic nitrogens is 2. The summed E-state index contributed by atoms with van der Waals surface area (Å²) in [4.78, 5) is 5.35. The van der Waals surface area contributed by atoms with Crippen LogP contribution in [0.4, 0.5) is 5.82 Å². The highest BCUT2D eigenvalue weighted by molar-refractivity contribution is 7.16. The molecule has 0 aliphatic heterocycles. The van der Waals surface area contributed by atoms with Gasteiger partial charge >= 0.3 is 0 Å². The smallest absolute Gasteiger partial charge is 0.112 e. The Balaban J connectivity index is 2.27.